The first-order chi connectivity index (χ1) is 16.6. The molecule has 0 bridgehead atoms. The quantitative estimate of drug-likeness (QED) is 0.472. The van der Waals surface area contributed by atoms with E-state index >= 15 is 0 Å². The Morgan fingerprint density at radius 3 is 2.21 bits per heavy atom. The number of hydrogen-bond donors (Lipinski definition) is 3. The minimum absolute atomic E-state index is 0.101. The summed E-state index contributed by atoms with van der Waals surface area (Å²) in [4.78, 5) is 26.3. The molecular weight excluding hydrogens is 450 g/mol. The van der Waals surface area contributed by atoms with Gasteiger partial charge in [0.05, 0.1) is 0 Å². The van der Waals surface area contributed by atoms with Crippen LogP contribution in [0.1, 0.15) is 56.6 Å². The van der Waals surface area contributed by atoms with Crippen molar-refractivity contribution in [2.24, 2.45) is 11.8 Å². The summed E-state index contributed by atoms with van der Waals surface area (Å²) in [5, 5.41) is 10.0. The van der Waals surface area contributed by atoms with Gasteiger partial charge in [0.2, 0.25) is 6.10 Å². The molecule has 1 aliphatic carbocycles. The Morgan fingerprint density at radius 1 is 0.882 bits per heavy atom. The molecule has 2 unspecified atom stereocenters. The maximum atomic E-state index is 13.6. The molecule has 2 aromatic carbocycles. The lowest BCUT2D eigenvalue weighted by Crippen LogP contribution is -2.50. The standard InChI is InChI=1S/C27H34ClN3O3/c28-22-11-13-23(14-12-22)30-27(33)34-25(21-9-5-2-6-10-21)26(32)31-24(19-7-3-1-4-8-19)20-15-17-29-18-16-20/h2,5-6,9-14,19-20,24-25,29H,1,3-4,7-8,15-18H2,(H,30,33)(H,31,32). The maximum Gasteiger partial charge on any atom is 0.412 e. The fourth-order valence-corrected chi connectivity index (χ4v) is 5.37. The van der Waals surface area contributed by atoms with Crippen molar-refractivity contribution in [3.05, 3.63) is 65.2 Å². The average molecular weight is 484 g/mol. The van der Waals surface area contributed by atoms with Gasteiger partial charge in [-0.3, -0.25) is 10.1 Å². The van der Waals surface area contributed by atoms with Crippen LogP contribution in [0.25, 0.3) is 0 Å². The van der Waals surface area contributed by atoms with Crippen LogP contribution in [0.5, 0.6) is 0 Å². The van der Waals surface area contributed by atoms with Gasteiger partial charge < -0.3 is 15.4 Å². The molecule has 182 valence electrons. The number of anilines is 1. The highest BCUT2D eigenvalue weighted by molar-refractivity contribution is 6.30. The molecule has 2 atom stereocenters. The topological polar surface area (TPSA) is 79.5 Å². The Labute approximate surface area is 206 Å². The number of nitrogens with one attached hydrogen (secondary N) is 3. The van der Waals surface area contributed by atoms with Crippen LogP contribution < -0.4 is 16.0 Å². The van der Waals surface area contributed by atoms with E-state index in [1.165, 1.54) is 19.3 Å². The molecule has 1 saturated carbocycles. The van der Waals surface area contributed by atoms with Gasteiger partial charge in [-0.15, -0.1) is 0 Å². The molecule has 2 aliphatic rings. The summed E-state index contributed by atoms with van der Waals surface area (Å²) < 4.78 is 5.70. The Morgan fingerprint density at radius 2 is 1.53 bits per heavy atom. The van der Waals surface area contributed by atoms with Gasteiger partial charge in [-0.05, 0) is 74.9 Å². The predicted octanol–water partition coefficient (Wildman–Crippen LogP) is 5.69. The maximum absolute atomic E-state index is 13.6. The van der Waals surface area contributed by atoms with Crippen LogP contribution in [0.3, 0.4) is 0 Å². The van der Waals surface area contributed by atoms with Crippen molar-refractivity contribution in [3.8, 4) is 0 Å². The molecule has 1 heterocycles. The first-order valence-electron chi connectivity index (χ1n) is 12.4. The smallest absolute Gasteiger partial charge is 0.412 e. The Balaban J connectivity index is 1.50. The van der Waals surface area contributed by atoms with Crippen molar-refractivity contribution >= 4 is 29.3 Å². The van der Waals surface area contributed by atoms with Crippen LogP contribution in [0, 0.1) is 11.8 Å². The first kappa shape index (κ1) is 24.6. The number of halogens is 1. The summed E-state index contributed by atoms with van der Waals surface area (Å²) in [6.45, 7) is 1.96. The zero-order valence-corrected chi connectivity index (χ0v) is 20.2. The van der Waals surface area contributed by atoms with E-state index in [9.17, 15) is 9.59 Å². The van der Waals surface area contributed by atoms with Crippen molar-refractivity contribution in [1.82, 2.24) is 10.6 Å². The highest BCUT2D eigenvalue weighted by Gasteiger charge is 2.35. The number of rotatable bonds is 7. The second kappa shape index (κ2) is 12.2. The monoisotopic (exact) mass is 483 g/mol. The van der Waals surface area contributed by atoms with Crippen LogP contribution in [0.4, 0.5) is 10.5 Å². The van der Waals surface area contributed by atoms with Crippen molar-refractivity contribution in [2.45, 2.75) is 57.1 Å². The molecule has 3 N–H and O–H groups in total. The lowest BCUT2D eigenvalue weighted by Gasteiger charge is -2.39. The van der Waals surface area contributed by atoms with Crippen molar-refractivity contribution in [2.75, 3.05) is 18.4 Å². The van der Waals surface area contributed by atoms with E-state index in [0.29, 0.717) is 28.1 Å². The van der Waals surface area contributed by atoms with Crippen LogP contribution >= 0.6 is 11.6 Å². The van der Waals surface area contributed by atoms with Gasteiger partial charge >= 0.3 is 6.09 Å². The third-order valence-corrected chi connectivity index (χ3v) is 7.27. The van der Waals surface area contributed by atoms with Gasteiger partial charge in [0.1, 0.15) is 0 Å². The van der Waals surface area contributed by atoms with Crippen LogP contribution in [0.2, 0.25) is 5.02 Å². The zero-order chi connectivity index (χ0) is 23.8. The summed E-state index contributed by atoms with van der Waals surface area (Å²) in [5.74, 6) is 0.652. The van der Waals surface area contributed by atoms with Gasteiger partial charge in [0.15, 0.2) is 0 Å². The Bertz CT molecular complexity index is 908. The van der Waals surface area contributed by atoms with E-state index in [2.05, 4.69) is 16.0 Å². The molecule has 0 spiro atoms. The predicted molar refractivity (Wildman–Crippen MR) is 135 cm³/mol. The molecule has 7 heteroatoms. The average Bonchev–Trinajstić information content (AvgIpc) is 2.88. The van der Waals surface area contributed by atoms with Crippen LogP contribution in [-0.2, 0) is 9.53 Å². The van der Waals surface area contributed by atoms with E-state index in [1.807, 2.05) is 30.3 Å². The summed E-state index contributed by atoms with van der Waals surface area (Å²) in [5.41, 5.74) is 1.20. The number of carbonyl (C=O) groups is 2. The molecule has 6 nitrogen and oxygen atoms in total. The van der Waals surface area contributed by atoms with E-state index in [1.54, 1.807) is 24.3 Å². The molecule has 34 heavy (non-hydrogen) atoms. The van der Waals surface area contributed by atoms with E-state index < -0.39 is 12.2 Å². The minimum atomic E-state index is -1.03. The number of piperidine rings is 1. The normalized spacial score (nSPS) is 19.1. The highest BCUT2D eigenvalue weighted by atomic mass is 35.5. The van der Waals surface area contributed by atoms with E-state index in [0.717, 1.165) is 38.8 Å². The van der Waals surface area contributed by atoms with Gasteiger partial charge in [0, 0.05) is 22.3 Å². The molecule has 2 fully saturated rings. The van der Waals surface area contributed by atoms with Crippen LogP contribution in [0.15, 0.2) is 54.6 Å². The SMILES string of the molecule is O=C(Nc1ccc(Cl)cc1)OC(C(=O)NC(C1CCCCC1)C1CCNCC1)c1ccccc1. The summed E-state index contributed by atoms with van der Waals surface area (Å²) in [7, 11) is 0. The summed E-state index contributed by atoms with van der Waals surface area (Å²) in [6, 6.07) is 16.1. The van der Waals surface area contributed by atoms with E-state index in [-0.39, 0.29) is 11.9 Å². The fourth-order valence-electron chi connectivity index (χ4n) is 5.25. The minimum Gasteiger partial charge on any atom is -0.431 e. The fraction of sp³-hybridized carbons (Fsp3) is 0.481. The third-order valence-electron chi connectivity index (χ3n) is 7.01. The molecule has 1 saturated heterocycles. The third kappa shape index (κ3) is 6.73. The van der Waals surface area contributed by atoms with E-state index in [4.69, 9.17) is 16.3 Å². The molecule has 2 amide bonds. The largest absolute Gasteiger partial charge is 0.431 e. The lowest BCUT2D eigenvalue weighted by atomic mass is 9.75. The molecule has 1 aliphatic heterocycles. The number of ether oxygens (including phenoxy) is 1. The summed E-state index contributed by atoms with van der Waals surface area (Å²) in [6.07, 6.45) is 6.37. The molecule has 2 aromatic rings. The van der Waals surface area contributed by atoms with Crippen molar-refractivity contribution in [1.29, 1.82) is 0 Å². The van der Waals surface area contributed by atoms with Crippen molar-refractivity contribution in [3.63, 3.8) is 0 Å². The second-order valence-corrected chi connectivity index (χ2v) is 9.78. The van der Waals surface area contributed by atoms with Crippen molar-refractivity contribution < 1.29 is 14.3 Å². The van der Waals surface area contributed by atoms with Crippen LogP contribution in [-0.4, -0.2) is 31.1 Å². The van der Waals surface area contributed by atoms with Gasteiger partial charge in [0.25, 0.3) is 5.91 Å². The zero-order valence-electron chi connectivity index (χ0n) is 19.5. The first-order valence-corrected chi connectivity index (χ1v) is 12.8. The van der Waals surface area contributed by atoms with Gasteiger partial charge in [-0.2, -0.15) is 0 Å². The summed E-state index contributed by atoms with van der Waals surface area (Å²) >= 11 is 5.93. The molecule has 0 aromatic heterocycles. The Hall–Kier alpha value is -2.57. The van der Waals surface area contributed by atoms with Gasteiger partial charge in [-0.25, -0.2) is 4.79 Å². The molecular formula is C27H34ClN3O3. The molecule has 4 rings (SSSR count). The second-order valence-electron chi connectivity index (χ2n) is 9.35. The highest BCUT2D eigenvalue weighted by Crippen LogP contribution is 2.33. The van der Waals surface area contributed by atoms with Gasteiger partial charge in [-0.1, -0.05) is 61.2 Å². The number of benzene rings is 2. The number of carbonyl (C=O) groups excluding carboxylic acids is 2. The number of hydrogen-bond acceptors (Lipinski definition) is 4. The lowest BCUT2D eigenvalue weighted by molar-refractivity contribution is -0.131. The molecule has 0 radical (unpaired) electrons. The number of amides is 2. The Kier molecular flexibility index (Phi) is 8.83.